The molecule has 0 heterocycles. The summed E-state index contributed by atoms with van der Waals surface area (Å²) in [5.41, 5.74) is 6.46. The van der Waals surface area contributed by atoms with Crippen molar-refractivity contribution in [2.24, 2.45) is 16.1 Å². The van der Waals surface area contributed by atoms with Gasteiger partial charge in [0, 0.05) is 20.6 Å². The standard InChI is InChI=1S/C14H26N4O.HI/c1-11(2)9-16-13(15)17-10-14(7-5-6-8-14)12(19)18(3)4;/h1,5-10H2,2-4H3,(H3,15,16,17);1H. The van der Waals surface area contributed by atoms with Crippen molar-refractivity contribution in [2.75, 3.05) is 27.2 Å². The number of hydrogen-bond acceptors (Lipinski definition) is 2. The average molecular weight is 394 g/mol. The van der Waals surface area contributed by atoms with Gasteiger partial charge in [-0.05, 0) is 19.8 Å². The van der Waals surface area contributed by atoms with Gasteiger partial charge in [-0.3, -0.25) is 9.79 Å². The highest BCUT2D eigenvalue weighted by atomic mass is 127. The largest absolute Gasteiger partial charge is 0.370 e. The SMILES string of the molecule is C=C(C)CNC(N)=NCC1(C(=O)N(C)C)CCCC1.I. The van der Waals surface area contributed by atoms with Crippen LogP contribution in [0.25, 0.3) is 0 Å². The molecule has 0 bridgehead atoms. The van der Waals surface area contributed by atoms with Crippen LogP contribution in [-0.2, 0) is 4.79 Å². The number of carbonyl (C=O) groups is 1. The summed E-state index contributed by atoms with van der Waals surface area (Å²) in [6, 6.07) is 0. The van der Waals surface area contributed by atoms with E-state index in [2.05, 4.69) is 16.9 Å². The summed E-state index contributed by atoms with van der Waals surface area (Å²) in [5.74, 6) is 0.558. The van der Waals surface area contributed by atoms with Gasteiger partial charge in [-0.2, -0.15) is 0 Å². The first-order valence-electron chi connectivity index (χ1n) is 6.77. The Balaban J connectivity index is 0.00000361. The molecular formula is C14H27IN4O. The van der Waals surface area contributed by atoms with E-state index in [0.29, 0.717) is 19.0 Å². The van der Waals surface area contributed by atoms with Crippen molar-refractivity contribution in [3.63, 3.8) is 0 Å². The van der Waals surface area contributed by atoms with Gasteiger partial charge >= 0.3 is 0 Å². The number of halogens is 1. The quantitative estimate of drug-likeness (QED) is 0.323. The van der Waals surface area contributed by atoms with Gasteiger partial charge in [0.2, 0.25) is 5.91 Å². The van der Waals surface area contributed by atoms with Crippen LogP contribution in [0.5, 0.6) is 0 Å². The number of nitrogens with zero attached hydrogens (tertiary/aromatic N) is 2. The molecule has 116 valence electrons. The van der Waals surface area contributed by atoms with Crippen LogP contribution in [0.15, 0.2) is 17.1 Å². The van der Waals surface area contributed by atoms with Crippen LogP contribution in [0.1, 0.15) is 32.6 Å². The summed E-state index contributed by atoms with van der Waals surface area (Å²) in [5, 5.41) is 2.99. The number of guanidine groups is 1. The predicted molar refractivity (Wildman–Crippen MR) is 94.3 cm³/mol. The zero-order valence-corrected chi connectivity index (χ0v) is 15.1. The summed E-state index contributed by atoms with van der Waals surface area (Å²) in [6.07, 6.45) is 3.99. The Hall–Kier alpha value is -0.790. The molecule has 0 aliphatic heterocycles. The van der Waals surface area contributed by atoms with Gasteiger partial charge in [-0.1, -0.05) is 25.0 Å². The molecule has 1 aliphatic rings. The van der Waals surface area contributed by atoms with Crippen LogP contribution in [0.2, 0.25) is 0 Å². The summed E-state index contributed by atoms with van der Waals surface area (Å²) in [7, 11) is 3.60. The Kier molecular flexibility index (Phi) is 8.15. The second-order valence-corrected chi connectivity index (χ2v) is 5.70. The number of amides is 1. The number of rotatable bonds is 5. The van der Waals surface area contributed by atoms with Crippen LogP contribution in [-0.4, -0.2) is 44.0 Å². The van der Waals surface area contributed by atoms with E-state index >= 15 is 0 Å². The average Bonchev–Trinajstić information content (AvgIpc) is 2.82. The fourth-order valence-corrected chi connectivity index (χ4v) is 2.50. The van der Waals surface area contributed by atoms with E-state index in [-0.39, 0.29) is 35.3 Å². The van der Waals surface area contributed by atoms with Crippen molar-refractivity contribution in [2.45, 2.75) is 32.6 Å². The molecule has 0 aromatic rings. The second-order valence-electron chi connectivity index (χ2n) is 5.70. The molecule has 1 saturated carbocycles. The van der Waals surface area contributed by atoms with Crippen molar-refractivity contribution in [1.29, 1.82) is 0 Å². The van der Waals surface area contributed by atoms with E-state index < -0.39 is 0 Å². The lowest BCUT2D eigenvalue weighted by Crippen LogP contribution is -2.42. The molecule has 6 heteroatoms. The molecule has 5 nitrogen and oxygen atoms in total. The molecule has 0 aromatic heterocycles. The molecule has 1 fully saturated rings. The van der Waals surface area contributed by atoms with Crippen molar-refractivity contribution < 1.29 is 4.79 Å². The lowest BCUT2D eigenvalue weighted by Gasteiger charge is -2.29. The molecule has 0 saturated heterocycles. The third-order valence-corrected chi connectivity index (χ3v) is 3.54. The number of nitrogens with two attached hydrogens (primary N) is 1. The normalized spacial score (nSPS) is 17.2. The predicted octanol–water partition coefficient (Wildman–Crippen LogP) is 1.73. The Bertz CT molecular complexity index is 373. The van der Waals surface area contributed by atoms with Gasteiger partial charge in [-0.15, -0.1) is 24.0 Å². The Labute approximate surface area is 139 Å². The highest BCUT2D eigenvalue weighted by Gasteiger charge is 2.41. The van der Waals surface area contributed by atoms with Gasteiger partial charge in [0.25, 0.3) is 0 Å². The molecule has 0 atom stereocenters. The zero-order valence-electron chi connectivity index (χ0n) is 12.7. The van der Waals surface area contributed by atoms with Crippen molar-refractivity contribution in [3.05, 3.63) is 12.2 Å². The molecule has 0 aromatic carbocycles. The van der Waals surface area contributed by atoms with E-state index in [9.17, 15) is 4.79 Å². The van der Waals surface area contributed by atoms with E-state index in [1.165, 1.54) is 0 Å². The number of carbonyl (C=O) groups excluding carboxylic acids is 1. The van der Waals surface area contributed by atoms with Gasteiger partial charge in [0.1, 0.15) is 0 Å². The molecular weight excluding hydrogens is 367 g/mol. The summed E-state index contributed by atoms with van der Waals surface area (Å²) >= 11 is 0. The molecule has 0 radical (unpaired) electrons. The second kappa shape index (κ2) is 8.49. The maximum Gasteiger partial charge on any atom is 0.230 e. The lowest BCUT2D eigenvalue weighted by atomic mass is 9.85. The van der Waals surface area contributed by atoms with Gasteiger partial charge in [-0.25, -0.2) is 0 Å². The first-order chi connectivity index (χ1) is 8.87. The fraction of sp³-hybridized carbons (Fsp3) is 0.714. The maximum absolute atomic E-state index is 12.3. The van der Waals surface area contributed by atoms with Crippen molar-refractivity contribution in [1.82, 2.24) is 10.2 Å². The van der Waals surface area contributed by atoms with Crippen LogP contribution >= 0.6 is 24.0 Å². The third kappa shape index (κ3) is 5.30. The van der Waals surface area contributed by atoms with E-state index in [1.54, 1.807) is 19.0 Å². The fourth-order valence-electron chi connectivity index (χ4n) is 2.50. The van der Waals surface area contributed by atoms with Gasteiger partial charge in [0.15, 0.2) is 5.96 Å². The number of hydrogen-bond donors (Lipinski definition) is 2. The molecule has 0 unspecified atom stereocenters. The summed E-state index contributed by atoms with van der Waals surface area (Å²) < 4.78 is 0. The third-order valence-electron chi connectivity index (χ3n) is 3.54. The summed E-state index contributed by atoms with van der Waals surface area (Å²) in [6.45, 7) is 6.81. The first-order valence-corrected chi connectivity index (χ1v) is 6.77. The number of nitrogens with one attached hydrogen (secondary N) is 1. The van der Waals surface area contributed by atoms with Crippen LogP contribution in [0, 0.1) is 5.41 Å². The van der Waals surface area contributed by atoms with Crippen LogP contribution in [0.3, 0.4) is 0 Å². The zero-order chi connectivity index (χ0) is 14.5. The van der Waals surface area contributed by atoms with Crippen molar-refractivity contribution >= 4 is 35.8 Å². The number of aliphatic imine (C=N–C) groups is 1. The highest BCUT2D eigenvalue weighted by molar-refractivity contribution is 14.0. The maximum atomic E-state index is 12.3. The molecule has 1 rings (SSSR count). The van der Waals surface area contributed by atoms with Gasteiger partial charge < -0.3 is 16.0 Å². The minimum atomic E-state index is -0.348. The van der Waals surface area contributed by atoms with Crippen LogP contribution in [0.4, 0.5) is 0 Å². The molecule has 0 spiro atoms. The topological polar surface area (TPSA) is 70.7 Å². The Morgan fingerprint density at radius 3 is 2.40 bits per heavy atom. The van der Waals surface area contributed by atoms with Gasteiger partial charge in [0.05, 0.1) is 12.0 Å². The molecule has 20 heavy (non-hydrogen) atoms. The van der Waals surface area contributed by atoms with E-state index in [4.69, 9.17) is 5.73 Å². The van der Waals surface area contributed by atoms with Crippen molar-refractivity contribution in [3.8, 4) is 0 Å². The highest BCUT2D eigenvalue weighted by Crippen LogP contribution is 2.39. The molecule has 1 amide bonds. The van der Waals surface area contributed by atoms with E-state index in [1.807, 2.05) is 6.92 Å². The Morgan fingerprint density at radius 2 is 1.95 bits per heavy atom. The smallest absolute Gasteiger partial charge is 0.230 e. The van der Waals surface area contributed by atoms with Crippen LogP contribution < -0.4 is 11.1 Å². The molecule has 3 N–H and O–H groups in total. The minimum Gasteiger partial charge on any atom is -0.370 e. The molecule has 1 aliphatic carbocycles. The first kappa shape index (κ1) is 19.2. The summed E-state index contributed by atoms with van der Waals surface area (Å²) in [4.78, 5) is 18.3. The Morgan fingerprint density at radius 1 is 1.40 bits per heavy atom. The monoisotopic (exact) mass is 394 g/mol. The minimum absolute atomic E-state index is 0. The lowest BCUT2D eigenvalue weighted by molar-refractivity contribution is -0.138. The van der Waals surface area contributed by atoms with E-state index in [0.717, 1.165) is 31.3 Å².